The van der Waals surface area contributed by atoms with Crippen molar-refractivity contribution in [2.45, 2.75) is 38.6 Å². The summed E-state index contributed by atoms with van der Waals surface area (Å²) in [6, 6.07) is 5.68. The molecule has 1 aliphatic carbocycles. The first-order valence-electron chi connectivity index (χ1n) is 9.51. The fraction of sp³-hybridized carbons (Fsp3) is 0.550. The average Bonchev–Trinajstić information content (AvgIpc) is 3.44. The van der Waals surface area contributed by atoms with E-state index in [1.54, 1.807) is 17.0 Å². The van der Waals surface area contributed by atoms with Crippen molar-refractivity contribution in [3.8, 4) is 0 Å². The number of imide groups is 1. The second-order valence-corrected chi connectivity index (χ2v) is 7.75. The Hall–Kier alpha value is -2.21. The minimum atomic E-state index is -0.362. The number of amides is 3. The maximum absolute atomic E-state index is 12.6. The quantitative estimate of drug-likeness (QED) is 0.814. The molecule has 1 aromatic carbocycles. The summed E-state index contributed by atoms with van der Waals surface area (Å²) in [7, 11) is 0. The molecule has 1 saturated carbocycles. The normalized spacial score (nSPS) is 20.7. The minimum absolute atomic E-state index is 0.142. The predicted octanol–water partition coefficient (Wildman–Crippen LogP) is 1.58. The van der Waals surface area contributed by atoms with Crippen LogP contribution in [0.25, 0.3) is 0 Å². The van der Waals surface area contributed by atoms with Crippen LogP contribution in [0.15, 0.2) is 18.2 Å². The van der Waals surface area contributed by atoms with Crippen molar-refractivity contribution in [2.24, 2.45) is 5.92 Å². The van der Waals surface area contributed by atoms with Gasteiger partial charge in [0, 0.05) is 19.1 Å². The van der Waals surface area contributed by atoms with Gasteiger partial charge >= 0.3 is 0 Å². The van der Waals surface area contributed by atoms with Crippen LogP contribution in [0.3, 0.4) is 0 Å². The lowest BCUT2D eigenvalue weighted by Gasteiger charge is -2.33. The topological polar surface area (TPSA) is 69.7 Å². The number of benzene rings is 1. The van der Waals surface area contributed by atoms with Crippen LogP contribution in [-0.4, -0.2) is 59.7 Å². The number of piperidine rings is 1. The standard InChI is InChI=1S/C20H25N3O3/c1-13-2-5-16-17(10-13)20(26)23(19(16)25)12-18(24)22-8-6-15(7-9-22)21-11-14-3-4-14/h2,5,10,14-15,21H,3-4,6-9,11-12H2,1H3. The summed E-state index contributed by atoms with van der Waals surface area (Å²) in [5, 5.41) is 3.59. The number of carbonyl (C=O) groups excluding carboxylic acids is 3. The van der Waals surface area contributed by atoms with Crippen LogP contribution in [-0.2, 0) is 4.79 Å². The molecule has 0 atom stereocenters. The largest absolute Gasteiger partial charge is 0.341 e. The van der Waals surface area contributed by atoms with Crippen LogP contribution in [0.4, 0.5) is 0 Å². The van der Waals surface area contributed by atoms with Gasteiger partial charge < -0.3 is 10.2 Å². The second-order valence-electron chi connectivity index (χ2n) is 7.75. The zero-order chi connectivity index (χ0) is 18.3. The van der Waals surface area contributed by atoms with Gasteiger partial charge in [-0.15, -0.1) is 0 Å². The summed E-state index contributed by atoms with van der Waals surface area (Å²) in [5.74, 6) is -0.00800. The Kier molecular flexibility index (Phi) is 4.53. The summed E-state index contributed by atoms with van der Waals surface area (Å²) < 4.78 is 0. The summed E-state index contributed by atoms with van der Waals surface area (Å²) in [4.78, 5) is 40.5. The minimum Gasteiger partial charge on any atom is -0.341 e. The van der Waals surface area contributed by atoms with E-state index in [0.29, 0.717) is 30.3 Å². The van der Waals surface area contributed by atoms with E-state index in [0.717, 1.165) is 35.8 Å². The molecule has 1 N–H and O–H groups in total. The third kappa shape index (κ3) is 3.38. The fourth-order valence-electron chi connectivity index (χ4n) is 3.77. The van der Waals surface area contributed by atoms with Crippen LogP contribution >= 0.6 is 0 Å². The molecular weight excluding hydrogens is 330 g/mol. The lowest BCUT2D eigenvalue weighted by atomic mass is 10.0. The molecule has 3 amide bonds. The van der Waals surface area contributed by atoms with Crippen molar-refractivity contribution in [3.05, 3.63) is 34.9 Å². The third-order valence-corrected chi connectivity index (χ3v) is 5.66. The van der Waals surface area contributed by atoms with Gasteiger partial charge in [-0.1, -0.05) is 11.6 Å². The molecule has 138 valence electrons. The van der Waals surface area contributed by atoms with Gasteiger partial charge in [0.05, 0.1) is 11.1 Å². The molecule has 4 rings (SSSR count). The van der Waals surface area contributed by atoms with Crippen LogP contribution < -0.4 is 5.32 Å². The van der Waals surface area contributed by atoms with E-state index in [1.807, 2.05) is 13.0 Å². The number of hydrogen-bond acceptors (Lipinski definition) is 4. The van der Waals surface area contributed by atoms with Crippen molar-refractivity contribution in [2.75, 3.05) is 26.2 Å². The smallest absolute Gasteiger partial charge is 0.262 e. The lowest BCUT2D eigenvalue weighted by Crippen LogP contribution is -2.49. The number of nitrogens with zero attached hydrogens (tertiary/aromatic N) is 2. The van der Waals surface area contributed by atoms with Gasteiger partial charge in [0.15, 0.2) is 0 Å². The van der Waals surface area contributed by atoms with E-state index in [4.69, 9.17) is 0 Å². The highest BCUT2D eigenvalue weighted by Gasteiger charge is 2.37. The molecule has 26 heavy (non-hydrogen) atoms. The highest BCUT2D eigenvalue weighted by molar-refractivity contribution is 6.22. The molecule has 3 aliphatic rings. The van der Waals surface area contributed by atoms with Gasteiger partial charge in [0.25, 0.3) is 11.8 Å². The van der Waals surface area contributed by atoms with Crippen molar-refractivity contribution in [3.63, 3.8) is 0 Å². The molecule has 0 unspecified atom stereocenters. The third-order valence-electron chi connectivity index (χ3n) is 5.66. The van der Waals surface area contributed by atoms with E-state index < -0.39 is 0 Å². The molecule has 2 aliphatic heterocycles. The first kappa shape index (κ1) is 17.2. The molecule has 6 nitrogen and oxygen atoms in total. The number of fused-ring (bicyclic) bond motifs is 1. The molecular formula is C20H25N3O3. The Bertz CT molecular complexity index is 749. The van der Waals surface area contributed by atoms with Gasteiger partial charge in [0.1, 0.15) is 6.54 Å². The lowest BCUT2D eigenvalue weighted by molar-refractivity contribution is -0.132. The van der Waals surface area contributed by atoms with Gasteiger partial charge in [-0.3, -0.25) is 19.3 Å². The zero-order valence-electron chi connectivity index (χ0n) is 15.2. The van der Waals surface area contributed by atoms with Crippen molar-refractivity contribution in [1.82, 2.24) is 15.1 Å². The van der Waals surface area contributed by atoms with E-state index in [9.17, 15) is 14.4 Å². The maximum atomic E-state index is 12.6. The number of nitrogens with one attached hydrogen (secondary N) is 1. The van der Waals surface area contributed by atoms with Crippen LogP contribution in [0.2, 0.25) is 0 Å². The molecule has 0 aromatic heterocycles. The summed E-state index contributed by atoms with van der Waals surface area (Å²) in [5.41, 5.74) is 1.74. The molecule has 0 bridgehead atoms. The number of aryl methyl sites for hydroxylation is 1. The first-order chi connectivity index (χ1) is 12.5. The molecule has 1 saturated heterocycles. The molecule has 2 heterocycles. The van der Waals surface area contributed by atoms with Gasteiger partial charge in [-0.25, -0.2) is 0 Å². The molecule has 2 fully saturated rings. The van der Waals surface area contributed by atoms with Crippen LogP contribution in [0.1, 0.15) is 52.0 Å². The molecule has 0 spiro atoms. The van der Waals surface area contributed by atoms with E-state index in [1.165, 1.54) is 12.8 Å². The van der Waals surface area contributed by atoms with Gasteiger partial charge in [-0.05, 0) is 57.2 Å². The summed E-state index contributed by atoms with van der Waals surface area (Å²) in [6.07, 6.45) is 4.54. The fourth-order valence-corrected chi connectivity index (χ4v) is 3.77. The molecule has 0 radical (unpaired) electrons. The highest BCUT2D eigenvalue weighted by atomic mass is 16.2. The monoisotopic (exact) mass is 355 g/mol. The predicted molar refractivity (Wildman–Crippen MR) is 96.9 cm³/mol. The van der Waals surface area contributed by atoms with Crippen LogP contribution in [0, 0.1) is 12.8 Å². The SMILES string of the molecule is Cc1ccc2c(c1)C(=O)N(CC(=O)N1CCC(NCC3CC3)CC1)C2=O. The first-order valence-corrected chi connectivity index (χ1v) is 9.51. The average molecular weight is 355 g/mol. The van der Waals surface area contributed by atoms with Gasteiger partial charge in [0.2, 0.25) is 5.91 Å². The number of carbonyl (C=O) groups is 3. The van der Waals surface area contributed by atoms with Crippen LogP contribution in [0.5, 0.6) is 0 Å². The summed E-state index contributed by atoms with van der Waals surface area (Å²) >= 11 is 0. The van der Waals surface area contributed by atoms with Crippen molar-refractivity contribution >= 4 is 17.7 Å². The number of likely N-dealkylation sites (tertiary alicyclic amines) is 1. The summed E-state index contributed by atoms with van der Waals surface area (Å²) in [6.45, 7) is 4.18. The van der Waals surface area contributed by atoms with Crippen molar-refractivity contribution in [1.29, 1.82) is 0 Å². The van der Waals surface area contributed by atoms with E-state index >= 15 is 0 Å². The second kappa shape index (κ2) is 6.83. The maximum Gasteiger partial charge on any atom is 0.262 e. The highest BCUT2D eigenvalue weighted by Crippen LogP contribution is 2.28. The Labute approximate surface area is 153 Å². The Morgan fingerprint density at radius 1 is 1.08 bits per heavy atom. The molecule has 6 heteroatoms. The Balaban J connectivity index is 1.32. The Morgan fingerprint density at radius 2 is 1.77 bits per heavy atom. The molecule has 1 aromatic rings. The van der Waals surface area contributed by atoms with Crippen molar-refractivity contribution < 1.29 is 14.4 Å². The van der Waals surface area contributed by atoms with E-state index in [2.05, 4.69) is 5.32 Å². The Morgan fingerprint density at radius 3 is 2.46 bits per heavy atom. The zero-order valence-corrected chi connectivity index (χ0v) is 15.2. The number of rotatable bonds is 5. The number of hydrogen-bond donors (Lipinski definition) is 1. The van der Waals surface area contributed by atoms with Gasteiger partial charge in [-0.2, -0.15) is 0 Å². The van der Waals surface area contributed by atoms with E-state index in [-0.39, 0.29) is 24.3 Å².